The number of nitrogens with one attached hydrogen (secondary N) is 1. The van der Waals surface area contributed by atoms with Crippen molar-refractivity contribution < 1.29 is 9.90 Å². The molecule has 0 bridgehead atoms. The second-order valence-corrected chi connectivity index (χ2v) is 8.58. The average Bonchev–Trinajstić information content (AvgIpc) is 3.18. The number of aromatic nitrogens is 3. The molecular weight excluding hydrogens is 408 g/mol. The normalized spacial score (nSPS) is 15.7. The van der Waals surface area contributed by atoms with Gasteiger partial charge in [-0.15, -0.1) is 0 Å². The smallest absolute Gasteiger partial charge is 0.224 e. The molecule has 1 fully saturated rings. The molecule has 2 N–H and O–H groups in total. The van der Waals surface area contributed by atoms with E-state index in [9.17, 15) is 9.90 Å². The number of rotatable bonds is 6. The van der Waals surface area contributed by atoms with Crippen LogP contribution in [0.4, 0.5) is 0 Å². The van der Waals surface area contributed by atoms with E-state index in [0.29, 0.717) is 30.8 Å². The molecule has 1 saturated heterocycles. The molecule has 1 amide bonds. The van der Waals surface area contributed by atoms with Crippen LogP contribution in [0.5, 0.6) is 0 Å². The van der Waals surface area contributed by atoms with Gasteiger partial charge in [-0.3, -0.25) is 14.5 Å². The Morgan fingerprint density at radius 3 is 2.52 bits per heavy atom. The van der Waals surface area contributed by atoms with Crippen molar-refractivity contribution in [2.75, 3.05) is 13.1 Å². The maximum atomic E-state index is 12.8. The van der Waals surface area contributed by atoms with Crippen molar-refractivity contribution in [1.29, 1.82) is 0 Å². The summed E-state index contributed by atoms with van der Waals surface area (Å²) in [6.45, 7) is 3.88. The molecule has 1 aliphatic rings. The second kappa shape index (κ2) is 9.58. The standard InChI is InChI=1S/C24H28N4O2S/c1-17-7-9-20(10-8-17)23-25-26-24(31)28(23)16-13-21(29)27-14-11-19(12-15-27)22(30)18-5-3-2-4-6-18/h2-10,19,22,30H,11-16H2,1H3,(H,26,31). The van der Waals surface area contributed by atoms with Crippen LogP contribution in [0.25, 0.3) is 11.4 Å². The first-order chi connectivity index (χ1) is 15.0. The van der Waals surface area contributed by atoms with E-state index in [1.807, 2.05) is 71.0 Å². The number of hydrogen-bond acceptors (Lipinski definition) is 4. The minimum Gasteiger partial charge on any atom is -0.388 e. The molecule has 3 aromatic rings. The molecule has 7 heteroatoms. The monoisotopic (exact) mass is 436 g/mol. The van der Waals surface area contributed by atoms with Gasteiger partial charge in [-0.25, -0.2) is 0 Å². The second-order valence-electron chi connectivity index (χ2n) is 8.19. The molecule has 6 nitrogen and oxygen atoms in total. The van der Waals surface area contributed by atoms with Crippen LogP contribution in [-0.4, -0.2) is 43.8 Å². The SMILES string of the molecule is Cc1ccc(-c2n[nH]c(=S)n2CCC(=O)N2CCC(C(O)c3ccccc3)CC2)cc1. The highest BCUT2D eigenvalue weighted by Gasteiger charge is 2.28. The van der Waals surface area contributed by atoms with Gasteiger partial charge in [0, 0.05) is 31.6 Å². The lowest BCUT2D eigenvalue weighted by atomic mass is 9.87. The summed E-state index contributed by atoms with van der Waals surface area (Å²) in [6.07, 6.45) is 1.52. The molecule has 0 radical (unpaired) electrons. The molecular formula is C24H28N4O2S. The Hall–Kier alpha value is -2.77. The number of likely N-dealkylation sites (tertiary alicyclic amines) is 1. The number of hydrogen-bond donors (Lipinski definition) is 2. The van der Waals surface area contributed by atoms with Gasteiger partial charge in [-0.2, -0.15) is 5.10 Å². The van der Waals surface area contributed by atoms with E-state index in [1.165, 1.54) is 5.56 Å². The zero-order valence-corrected chi connectivity index (χ0v) is 18.5. The summed E-state index contributed by atoms with van der Waals surface area (Å²) in [5.41, 5.74) is 3.10. The van der Waals surface area contributed by atoms with Gasteiger partial charge in [0.15, 0.2) is 10.6 Å². The summed E-state index contributed by atoms with van der Waals surface area (Å²) in [5.74, 6) is 1.05. The number of carbonyl (C=O) groups is 1. The number of nitrogens with zero attached hydrogens (tertiary/aromatic N) is 3. The minimum atomic E-state index is -0.472. The number of aliphatic hydroxyl groups is 1. The third-order valence-corrected chi connectivity index (χ3v) is 6.41. The van der Waals surface area contributed by atoms with Crippen molar-refractivity contribution in [2.45, 2.75) is 38.8 Å². The molecule has 0 saturated carbocycles. The molecule has 0 aliphatic carbocycles. The number of carbonyl (C=O) groups excluding carboxylic acids is 1. The number of H-pyrrole nitrogens is 1. The summed E-state index contributed by atoms with van der Waals surface area (Å²) in [7, 11) is 0. The summed E-state index contributed by atoms with van der Waals surface area (Å²) in [4.78, 5) is 14.7. The Morgan fingerprint density at radius 2 is 1.84 bits per heavy atom. The predicted octanol–water partition coefficient (Wildman–Crippen LogP) is 4.28. The zero-order valence-electron chi connectivity index (χ0n) is 17.7. The van der Waals surface area contributed by atoms with Crippen molar-refractivity contribution >= 4 is 18.1 Å². The van der Waals surface area contributed by atoms with Crippen molar-refractivity contribution in [3.05, 3.63) is 70.5 Å². The Labute approximate surface area is 187 Å². The van der Waals surface area contributed by atoms with E-state index in [1.54, 1.807) is 0 Å². The van der Waals surface area contributed by atoms with Gasteiger partial charge in [0.25, 0.3) is 0 Å². The molecule has 2 heterocycles. The Kier molecular flexibility index (Phi) is 6.63. The lowest BCUT2D eigenvalue weighted by Gasteiger charge is -2.34. The van der Waals surface area contributed by atoms with Crippen LogP contribution in [-0.2, 0) is 11.3 Å². The quantitative estimate of drug-likeness (QED) is 0.566. The lowest BCUT2D eigenvalue weighted by molar-refractivity contribution is -0.133. The van der Waals surface area contributed by atoms with E-state index >= 15 is 0 Å². The van der Waals surface area contributed by atoms with E-state index < -0.39 is 6.10 Å². The minimum absolute atomic E-state index is 0.116. The number of piperidine rings is 1. The first-order valence-corrected chi connectivity index (χ1v) is 11.2. The molecule has 1 aliphatic heterocycles. The fourth-order valence-corrected chi connectivity index (χ4v) is 4.42. The lowest BCUT2D eigenvalue weighted by Crippen LogP contribution is -2.40. The first-order valence-electron chi connectivity index (χ1n) is 10.8. The molecule has 1 atom stereocenters. The predicted molar refractivity (Wildman–Crippen MR) is 123 cm³/mol. The van der Waals surface area contributed by atoms with Crippen molar-refractivity contribution in [1.82, 2.24) is 19.7 Å². The average molecular weight is 437 g/mol. The maximum Gasteiger partial charge on any atom is 0.224 e. The first kappa shape index (κ1) is 21.5. The summed E-state index contributed by atoms with van der Waals surface area (Å²) >= 11 is 5.39. The number of aliphatic hydroxyl groups excluding tert-OH is 1. The van der Waals surface area contributed by atoms with Gasteiger partial charge in [0.05, 0.1) is 6.10 Å². The van der Waals surface area contributed by atoms with Crippen LogP contribution in [0.3, 0.4) is 0 Å². The van der Waals surface area contributed by atoms with Gasteiger partial charge >= 0.3 is 0 Å². The van der Waals surface area contributed by atoms with Crippen LogP contribution in [0, 0.1) is 17.6 Å². The van der Waals surface area contributed by atoms with E-state index in [0.717, 1.165) is 29.8 Å². The number of aromatic amines is 1. The van der Waals surface area contributed by atoms with Crippen LogP contribution < -0.4 is 0 Å². The molecule has 162 valence electrons. The van der Waals surface area contributed by atoms with Crippen molar-refractivity contribution in [2.24, 2.45) is 5.92 Å². The third kappa shape index (κ3) is 4.94. The maximum absolute atomic E-state index is 12.8. The molecule has 1 aromatic heterocycles. The zero-order chi connectivity index (χ0) is 21.8. The molecule has 1 unspecified atom stereocenters. The van der Waals surface area contributed by atoms with Crippen LogP contribution in [0.15, 0.2) is 54.6 Å². The highest BCUT2D eigenvalue weighted by molar-refractivity contribution is 7.71. The molecule has 2 aromatic carbocycles. The Balaban J connectivity index is 1.34. The molecule has 31 heavy (non-hydrogen) atoms. The number of amides is 1. The van der Waals surface area contributed by atoms with Gasteiger partial charge < -0.3 is 10.0 Å². The Bertz CT molecular complexity index is 1070. The van der Waals surface area contributed by atoms with Crippen molar-refractivity contribution in [3.8, 4) is 11.4 Å². The van der Waals surface area contributed by atoms with Gasteiger partial charge in [-0.05, 0) is 43.5 Å². The van der Waals surface area contributed by atoms with Gasteiger partial charge in [-0.1, -0.05) is 60.2 Å². The van der Waals surface area contributed by atoms with Gasteiger partial charge in [0.2, 0.25) is 5.91 Å². The molecule has 4 rings (SSSR count). The summed E-state index contributed by atoms with van der Waals surface area (Å²) in [6, 6.07) is 17.9. The van der Waals surface area contributed by atoms with E-state index in [-0.39, 0.29) is 11.8 Å². The van der Waals surface area contributed by atoms with Gasteiger partial charge in [0.1, 0.15) is 0 Å². The highest BCUT2D eigenvalue weighted by Crippen LogP contribution is 2.30. The van der Waals surface area contributed by atoms with Crippen LogP contribution >= 0.6 is 12.2 Å². The van der Waals surface area contributed by atoms with Crippen LogP contribution in [0.1, 0.15) is 36.5 Å². The largest absolute Gasteiger partial charge is 0.388 e. The molecule has 0 spiro atoms. The fourth-order valence-electron chi connectivity index (χ4n) is 4.20. The number of benzene rings is 2. The van der Waals surface area contributed by atoms with Crippen molar-refractivity contribution in [3.63, 3.8) is 0 Å². The highest BCUT2D eigenvalue weighted by atomic mass is 32.1. The Morgan fingerprint density at radius 1 is 1.16 bits per heavy atom. The van der Waals surface area contributed by atoms with E-state index in [2.05, 4.69) is 10.2 Å². The fraction of sp³-hybridized carbons (Fsp3) is 0.375. The summed E-state index contributed by atoms with van der Waals surface area (Å²) in [5, 5.41) is 17.9. The third-order valence-electron chi connectivity index (χ3n) is 6.10. The topological polar surface area (TPSA) is 74.2 Å². The van der Waals surface area contributed by atoms with E-state index in [4.69, 9.17) is 12.2 Å². The number of aryl methyl sites for hydroxylation is 1. The summed E-state index contributed by atoms with van der Waals surface area (Å²) < 4.78 is 2.41. The van der Waals surface area contributed by atoms with Crippen LogP contribution in [0.2, 0.25) is 0 Å².